The van der Waals surface area contributed by atoms with Gasteiger partial charge in [-0.25, -0.2) is 4.98 Å². The second-order valence-corrected chi connectivity index (χ2v) is 5.66. The van der Waals surface area contributed by atoms with Crippen molar-refractivity contribution in [3.63, 3.8) is 0 Å². The van der Waals surface area contributed by atoms with Crippen molar-refractivity contribution in [3.05, 3.63) is 46.7 Å². The Balaban J connectivity index is 1.81. The minimum Gasteiger partial charge on any atom is -0.451 e. The van der Waals surface area contributed by atoms with E-state index in [0.29, 0.717) is 11.6 Å². The van der Waals surface area contributed by atoms with Gasteiger partial charge in [0.1, 0.15) is 11.4 Å². The molecule has 1 aromatic carbocycles. The van der Waals surface area contributed by atoms with Crippen LogP contribution in [-0.4, -0.2) is 21.1 Å². The van der Waals surface area contributed by atoms with Crippen LogP contribution in [0.2, 0.25) is 0 Å². The molecule has 23 heavy (non-hydrogen) atoms. The molecule has 2 aromatic heterocycles. The highest BCUT2D eigenvalue weighted by atomic mass is 16.3. The molecule has 3 rings (SSSR count). The van der Waals surface area contributed by atoms with Crippen LogP contribution in [0.3, 0.4) is 0 Å². The Morgan fingerprint density at radius 2 is 2.17 bits per heavy atom. The fourth-order valence-electron chi connectivity index (χ4n) is 2.64. The maximum absolute atomic E-state index is 12.4. The summed E-state index contributed by atoms with van der Waals surface area (Å²) in [6.07, 6.45) is 2.11. The lowest BCUT2D eigenvalue weighted by Crippen LogP contribution is -2.23. The largest absolute Gasteiger partial charge is 0.451 e. The first kappa shape index (κ1) is 15.3. The quantitative estimate of drug-likeness (QED) is 0.758. The Morgan fingerprint density at radius 3 is 2.87 bits per heavy atom. The van der Waals surface area contributed by atoms with Crippen LogP contribution in [0.25, 0.3) is 11.0 Å². The number of aromatic nitrogens is 3. The van der Waals surface area contributed by atoms with Crippen LogP contribution in [0.5, 0.6) is 0 Å². The first-order valence-electron chi connectivity index (χ1n) is 7.76. The predicted octanol–water partition coefficient (Wildman–Crippen LogP) is 3.05. The number of aryl methyl sites for hydroxylation is 3. The average molecular weight is 312 g/mol. The number of furan rings is 1. The van der Waals surface area contributed by atoms with Gasteiger partial charge >= 0.3 is 0 Å². The summed E-state index contributed by atoms with van der Waals surface area (Å²) in [4.78, 5) is 16.5. The van der Waals surface area contributed by atoms with Gasteiger partial charge in [-0.1, -0.05) is 19.4 Å². The van der Waals surface area contributed by atoms with Crippen LogP contribution in [0.4, 0.5) is 0 Å². The van der Waals surface area contributed by atoms with Crippen molar-refractivity contribution < 1.29 is 9.21 Å². The second-order valence-electron chi connectivity index (χ2n) is 5.66. The monoisotopic (exact) mass is 312 g/mol. The Hall–Kier alpha value is -2.63. The van der Waals surface area contributed by atoms with Crippen molar-refractivity contribution in [1.82, 2.24) is 20.5 Å². The molecule has 6 nitrogen and oxygen atoms in total. The number of H-pyrrole nitrogens is 1. The first-order valence-corrected chi connectivity index (χ1v) is 7.76. The summed E-state index contributed by atoms with van der Waals surface area (Å²) in [5, 5.41) is 10.5. The normalized spacial score (nSPS) is 11.1. The number of nitrogens with one attached hydrogen (secondary N) is 2. The van der Waals surface area contributed by atoms with Crippen molar-refractivity contribution in [2.75, 3.05) is 0 Å². The Kier molecular flexibility index (Phi) is 4.14. The van der Waals surface area contributed by atoms with E-state index in [4.69, 9.17) is 4.42 Å². The lowest BCUT2D eigenvalue weighted by atomic mass is 10.1. The number of carbonyl (C=O) groups is 1. The van der Waals surface area contributed by atoms with E-state index in [1.807, 2.05) is 26.0 Å². The fraction of sp³-hybridized carbons (Fsp3) is 0.353. The highest BCUT2D eigenvalue weighted by Gasteiger charge is 2.18. The number of hydrogen-bond acceptors (Lipinski definition) is 4. The van der Waals surface area contributed by atoms with Crippen molar-refractivity contribution in [2.45, 2.75) is 40.2 Å². The van der Waals surface area contributed by atoms with Gasteiger partial charge in [-0.05, 0) is 38.0 Å². The molecule has 0 fully saturated rings. The molecule has 1 amide bonds. The highest BCUT2D eigenvalue weighted by molar-refractivity contribution is 5.99. The highest BCUT2D eigenvalue weighted by Crippen LogP contribution is 2.26. The van der Waals surface area contributed by atoms with Gasteiger partial charge in [-0.15, -0.1) is 0 Å². The summed E-state index contributed by atoms with van der Waals surface area (Å²) in [5.74, 6) is 1.37. The zero-order valence-electron chi connectivity index (χ0n) is 13.6. The molecule has 120 valence electrons. The molecule has 2 heterocycles. The van der Waals surface area contributed by atoms with Gasteiger partial charge < -0.3 is 9.73 Å². The number of amides is 1. The number of aromatic amines is 1. The van der Waals surface area contributed by atoms with Crippen LogP contribution in [0.1, 0.15) is 46.7 Å². The van der Waals surface area contributed by atoms with Crippen molar-refractivity contribution >= 4 is 16.9 Å². The predicted molar refractivity (Wildman–Crippen MR) is 87.2 cm³/mol. The second kappa shape index (κ2) is 6.24. The van der Waals surface area contributed by atoms with Crippen LogP contribution in [0.15, 0.2) is 22.6 Å². The molecular weight excluding hydrogens is 292 g/mol. The Bertz CT molecular complexity index is 848. The summed E-state index contributed by atoms with van der Waals surface area (Å²) in [6.45, 7) is 6.14. The molecule has 6 heteroatoms. The lowest BCUT2D eigenvalue weighted by molar-refractivity contribution is 0.0923. The minimum atomic E-state index is -0.252. The van der Waals surface area contributed by atoms with Crippen LogP contribution in [-0.2, 0) is 13.0 Å². The maximum Gasteiger partial charge on any atom is 0.287 e. The van der Waals surface area contributed by atoms with Gasteiger partial charge in [0.05, 0.1) is 6.54 Å². The molecule has 3 aromatic rings. The van der Waals surface area contributed by atoms with E-state index in [1.165, 1.54) is 5.56 Å². The molecule has 0 aliphatic carbocycles. The van der Waals surface area contributed by atoms with E-state index in [0.717, 1.165) is 35.2 Å². The molecular formula is C17H20N4O2. The van der Waals surface area contributed by atoms with E-state index in [2.05, 4.69) is 33.5 Å². The van der Waals surface area contributed by atoms with E-state index < -0.39 is 0 Å². The molecule has 0 unspecified atom stereocenters. The summed E-state index contributed by atoms with van der Waals surface area (Å²) in [6, 6.07) is 6.09. The smallest absolute Gasteiger partial charge is 0.287 e. The Morgan fingerprint density at radius 1 is 1.35 bits per heavy atom. The third kappa shape index (κ3) is 3.11. The number of hydrogen-bond donors (Lipinski definition) is 2. The molecule has 0 atom stereocenters. The van der Waals surface area contributed by atoms with Gasteiger partial charge in [0, 0.05) is 10.9 Å². The first-order chi connectivity index (χ1) is 11.1. The third-order valence-electron chi connectivity index (χ3n) is 3.80. The van der Waals surface area contributed by atoms with Crippen LogP contribution >= 0.6 is 0 Å². The molecule has 0 radical (unpaired) electrons. The zero-order chi connectivity index (χ0) is 16.4. The molecule has 0 aliphatic rings. The van der Waals surface area contributed by atoms with E-state index in [1.54, 1.807) is 0 Å². The maximum atomic E-state index is 12.4. The van der Waals surface area contributed by atoms with E-state index in [-0.39, 0.29) is 12.5 Å². The average Bonchev–Trinajstić information content (AvgIpc) is 3.09. The number of fused-ring (bicyclic) bond motifs is 1. The van der Waals surface area contributed by atoms with Gasteiger partial charge in [-0.3, -0.25) is 9.89 Å². The fourth-order valence-corrected chi connectivity index (χ4v) is 2.64. The zero-order valence-corrected chi connectivity index (χ0v) is 13.6. The molecule has 0 saturated carbocycles. The number of rotatable bonds is 5. The summed E-state index contributed by atoms with van der Waals surface area (Å²) < 4.78 is 5.73. The van der Waals surface area contributed by atoms with Crippen molar-refractivity contribution in [1.29, 1.82) is 0 Å². The van der Waals surface area contributed by atoms with Crippen molar-refractivity contribution in [2.24, 2.45) is 0 Å². The summed E-state index contributed by atoms with van der Waals surface area (Å²) in [7, 11) is 0. The summed E-state index contributed by atoms with van der Waals surface area (Å²) in [5.41, 5.74) is 2.86. The van der Waals surface area contributed by atoms with Crippen LogP contribution < -0.4 is 5.32 Å². The van der Waals surface area contributed by atoms with E-state index >= 15 is 0 Å². The standard InChI is InChI=1S/C17H20N4O2/c1-4-5-12-6-7-14-13(8-12)10(2)16(23-14)17(22)18-9-15-19-11(3)20-21-15/h6-8H,4-5,9H2,1-3H3,(H,18,22)(H,19,20,21). The molecule has 2 N–H and O–H groups in total. The Labute approximate surface area is 134 Å². The van der Waals surface area contributed by atoms with Gasteiger partial charge in [0.2, 0.25) is 0 Å². The van der Waals surface area contributed by atoms with E-state index in [9.17, 15) is 4.79 Å². The van der Waals surface area contributed by atoms with Gasteiger partial charge in [-0.2, -0.15) is 5.10 Å². The molecule has 0 saturated heterocycles. The third-order valence-corrected chi connectivity index (χ3v) is 3.80. The number of benzene rings is 1. The number of nitrogens with zero attached hydrogens (tertiary/aromatic N) is 2. The molecule has 0 spiro atoms. The van der Waals surface area contributed by atoms with Gasteiger partial charge in [0.15, 0.2) is 11.6 Å². The lowest BCUT2D eigenvalue weighted by Gasteiger charge is -2.00. The topological polar surface area (TPSA) is 83.8 Å². The molecule has 0 bridgehead atoms. The number of carbonyl (C=O) groups excluding carboxylic acids is 1. The van der Waals surface area contributed by atoms with Gasteiger partial charge in [0.25, 0.3) is 5.91 Å². The summed E-state index contributed by atoms with van der Waals surface area (Å²) >= 11 is 0. The van der Waals surface area contributed by atoms with Crippen molar-refractivity contribution in [3.8, 4) is 0 Å². The van der Waals surface area contributed by atoms with Crippen LogP contribution in [0, 0.1) is 13.8 Å². The minimum absolute atomic E-state index is 0.252. The molecule has 0 aliphatic heterocycles. The SMILES string of the molecule is CCCc1ccc2oc(C(=O)NCc3n[nH]c(C)n3)c(C)c2c1.